The maximum Gasteiger partial charge on any atom is 0.256 e. The lowest BCUT2D eigenvalue weighted by Crippen LogP contribution is -2.13. The molecule has 2 heterocycles. The normalized spacial score (nSPS) is 10.8. The van der Waals surface area contributed by atoms with Crippen LogP contribution in [0.1, 0.15) is 10.4 Å². The van der Waals surface area contributed by atoms with Gasteiger partial charge in [0.15, 0.2) is 0 Å². The number of carbonyl (C=O) groups is 1. The molecule has 138 valence electrons. The Morgan fingerprint density at radius 1 is 1.00 bits per heavy atom. The molecule has 0 saturated heterocycles. The molecular formula is C21H14ClFN4O. The number of carbonyl (C=O) groups excluding carboxylic acids is 1. The number of benzene rings is 2. The summed E-state index contributed by atoms with van der Waals surface area (Å²) in [6.45, 7) is 0. The predicted octanol–water partition coefficient (Wildman–Crippen LogP) is 4.92. The second kappa shape index (κ2) is 7.25. The van der Waals surface area contributed by atoms with Crippen LogP contribution in [0.3, 0.4) is 0 Å². The number of pyridine rings is 2. The fourth-order valence-corrected chi connectivity index (χ4v) is 3.04. The molecule has 0 radical (unpaired) electrons. The zero-order chi connectivity index (χ0) is 19.7. The van der Waals surface area contributed by atoms with Crippen LogP contribution in [0.2, 0.25) is 5.02 Å². The number of nitrogen functional groups attached to an aromatic ring is 1. The number of rotatable bonds is 3. The Bertz CT molecular complexity index is 1190. The number of fused-ring (bicyclic) bond motifs is 1. The lowest BCUT2D eigenvalue weighted by Gasteiger charge is -2.11. The first-order valence-electron chi connectivity index (χ1n) is 8.40. The van der Waals surface area contributed by atoms with Gasteiger partial charge < -0.3 is 11.1 Å². The van der Waals surface area contributed by atoms with Gasteiger partial charge in [-0.05, 0) is 60.7 Å². The average molecular weight is 393 g/mol. The summed E-state index contributed by atoms with van der Waals surface area (Å²) in [6.07, 6.45) is 1.59. The number of nitrogens with one attached hydrogen (secondary N) is 1. The fraction of sp³-hybridized carbons (Fsp3) is 0. The van der Waals surface area contributed by atoms with E-state index in [1.165, 1.54) is 6.07 Å². The number of anilines is 2. The minimum absolute atomic E-state index is 0.201. The monoisotopic (exact) mass is 392 g/mol. The van der Waals surface area contributed by atoms with E-state index in [-0.39, 0.29) is 17.5 Å². The minimum Gasteiger partial charge on any atom is -0.383 e. The molecular weight excluding hydrogens is 379 g/mol. The summed E-state index contributed by atoms with van der Waals surface area (Å²) in [7, 11) is 0. The van der Waals surface area contributed by atoms with E-state index in [4.69, 9.17) is 17.3 Å². The number of hydrogen-bond acceptors (Lipinski definition) is 4. The Morgan fingerprint density at radius 3 is 2.50 bits per heavy atom. The molecule has 4 aromatic rings. The Kier molecular flexibility index (Phi) is 4.63. The first kappa shape index (κ1) is 17.9. The van der Waals surface area contributed by atoms with Crippen LogP contribution < -0.4 is 11.1 Å². The van der Waals surface area contributed by atoms with Crippen molar-refractivity contribution in [3.8, 4) is 11.1 Å². The summed E-state index contributed by atoms with van der Waals surface area (Å²) in [5.41, 5.74) is 8.33. The first-order chi connectivity index (χ1) is 13.5. The van der Waals surface area contributed by atoms with Gasteiger partial charge in [-0.25, -0.2) is 9.37 Å². The van der Waals surface area contributed by atoms with Crippen molar-refractivity contribution >= 4 is 40.0 Å². The van der Waals surface area contributed by atoms with E-state index in [2.05, 4.69) is 15.3 Å². The van der Waals surface area contributed by atoms with E-state index in [9.17, 15) is 9.18 Å². The third kappa shape index (κ3) is 3.37. The summed E-state index contributed by atoms with van der Waals surface area (Å²) in [5, 5.41) is 3.64. The van der Waals surface area contributed by atoms with Gasteiger partial charge in [-0.1, -0.05) is 11.6 Å². The van der Waals surface area contributed by atoms with Crippen LogP contribution in [0.4, 0.5) is 16.0 Å². The molecule has 2 aromatic heterocycles. The molecule has 0 saturated carbocycles. The zero-order valence-corrected chi connectivity index (χ0v) is 15.2. The molecule has 5 nitrogen and oxygen atoms in total. The number of aromatic nitrogens is 2. The maximum atomic E-state index is 14.0. The molecule has 0 aliphatic carbocycles. The Balaban J connectivity index is 1.66. The van der Waals surface area contributed by atoms with E-state index < -0.39 is 0 Å². The predicted molar refractivity (Wildman–Crippen MR) is 109 cm³/mol. The van der Waals surface area contributed by atoms with E-state index in [0.29, 0.717) is 38.4 Å². The zero-order valence-electron chi connectivity index (χ0n) is 14.5. The van der Waals surface area contributed by atoms with Gasteiger partial charge in [0.05, 0.1) is 5.52 Å². The molecule has 0 spiro atoms. The molecule has 0 aliphatic rings. The highest BCUT2D eigenvalue weighted by atomic mass is 35.5. The second-order valence-corrected chi connectivity index (χ2v) is 6.52. The summed E-state index contributed by atoms with van der Waals surface area (Å²) in [6, 6.07) is 16.2. The summed E-state index contributed by atoms with van der Waals surface area (Å²) < 4.78 is 14.0. The van der Waals surface area contributed by atoms with Gasteiger partial charge in [0.2, 0.25) is 0 Å². The highest BCUT2D eigenvalue weighted by Gasteiger charge is 2.13. The largest absolute Gasteiger partial charge is 0.383 e. The number of hydrogen-bond donors (Lipinski definition) is 2. The van der Waals surface area contributed by atoms with Crippen molar-refractivity contribution in [2.75, 3.05) is 11.1 Å². The van der Waals surface area contributed by atoms with Crippen LogP contribution in [-0.2, 0) is 0 Å². The van der Waals surface area contributed by atoms with Gasteiger partial charge in [0, 0.05) is 33.3 Å². The molecule has 2 aromatic carbocycles. The summed E-state index contributed by atoms with van der Waals surface area (Å²) >= 11 is 5.84. The lowest BCUT2D eigenvalue weighted by atomic mass is 10.0. The minimum atomic E-state index is -0.356. The van der Waals surface area contributed by atoms with Crippen molar-refractivity contribution in [3.63, 3.8) is 0 Å². The van der Waals surface area contributed by atoms with Gasteiger partial charge in [0.25, 0.3) is 5.91 Å². The maximum absolute atomic E-state index is 14.0. The quantitative estimate of drug-likeness (QED) is 0.518. The number of amides is 1. The Morgan fingerprint density at radius 2 is 1.75 bits per heavy atom. The van der Waals surface area contributed by atoms with Crippen molar-refractivity contribution in [1.29, 1.82) is 0 Å². The van der Waals surface area contributed by atoms with Crippen LogP contribution in [0.5, 0.6) is 0 Å². The van der Waals surface area contributed by atoms with Crippen LogP contribution in [0, 0.1) is 5.82 Å². The van der Waals surface area contributed by atoms with Gasteiger partial charge in [-0.3, -0.25) is 9.78 Å². The SMILES string of the molecule is Nc1nc(NC(=O)c2ccc(Cl)cc2)ccc1-c1ccc(F)c2cccnc12. The Labute approximate surface area is 165 Å². The first-order valence-corrected chi connectivity index (χ1v) is 8.78. The smallest absolute Gasteiger partial charge is 0.256 e. The third-order valence-corrected chi connectivity index (χ3v) is 4.53. The van der Waals surface area contributed by atoms with E-state index in [1.54, 1.807) is 60.8 Å². The van der Waals surface area contributed by atoms with E-state index in [1.807, 2.05) is 0 Å². The lowest BCUT2D eigenvalue weighted by molar-refractivity contribution is 0.102. The van der Waals surface area contributed by atoms with Crippen molar-refractivity contribution in [2.24, 2.45) is 0 Å². The summed E-state index contributed by atoms with van der Waals surface area (Å²) in [4.78, 5) is 20.9. The molecule has 0 bridgehead atoms. The van der Waals surface area contributed by atoms with Crippen molar-refractivity contribution in [3.05, 3.63) is 83.3 Å². The van der Waals surface area contributed by atoms with Gasteiger partial charge in [-0.2, -0.15) is 0 Å². The molecule has 0 unspecified atom stereocenters. The van der Waals surface area contributed by atoms with E-state index >= 15 is 0 Å². The molecule has 4 rings (SSSR count). The molecule has 0 fully saturated rings. The fourth-order valence-electron chi connectivity index (χ4n) is 2.92. The molecule has 28 heavy (non-hydrogen) atoms. The molecule has 7 heteroatoms. The van der Waals surface area contributed by atoms with Gasteiger partial charge >= 0.3 is 0 Å². The van der Waals surface area contributed by atoms with Gasteiger partial charge in [-0.15, -0.1) is 0 Å². The third-order valence-electron chi connectivity index (χ3n) is 4.28. The average Bonchev–Trinajstić information content (AvgIpc) is 2.70. The standard InChI is InChI=1S/C21H14ClFN4O/c22-13-5-3-12(4-6-13)21(28)27-18-10-8-15(20(24)26-18)14-7-9-17(23)16-2-1-11-25-19(14)16/h1-11H,(H3,24,26,27,28). The topological polar surface area (TPSA) is 80.9 Å². The molecule has 0 atom stereocenters. The van der Waals surface area contributed by atoms with Crippen molar-refractivity contribution in [2.45, 2.75) is 0 Å². The molecule has 1 amide bonds. The number of nitrogens with two attached hydrogens (primary N) is 1. The Hall–Kier alpha value is -3.51. The summed E-state index contributed by atoms with van der Waals surface area (Å²) in [5.74, 6) is -0.177. The van der Waals surface area contributed by atoms with Crippen molar-refractivity contribution < 1.29 is 9.18 Å². The van der Waals surface area contributed by atoms with E-state index in [0.717, 1.165) is 0 Å². The highest BCUT2D eigenvalue weighted by molar-refractivity contribution is 6.30. The molecule has 3 N–H and O–H groups in total. The van der Waals surface area contributed by atoms with Crippen molar-refractivity contribution in [1.82, 2.24) is 9.97 Å². The van der Waals surface area contributed by atoms with Crippen LogP contribution in [0.25, 0.3) is 22.0 Å². The van der Waals surface area contributed by atoms with Crippen LogP contribution >= 0.6 is 11.6 Å². The van der Waals surface area contributed by atoms with Gasteiger partial charge in [0.1, 0.15) is 17.5 Å². The molecule has 0 aliphatic heterocycles. The second-order valence-electron chi connectivity index (χ2n) is 6.08. The number of halogens is 2. The van der Waals surface area contributed by atoms with Crippen LogP contribution in [-0.4, -0.2) is 15.9 Å². The van der Waals surface area contributed by atoms with Crippen LogP contribution in [0.15, 0.2) is 66.9 Å². The number of nitrogens with zero attached hydrogens (tertiary/aromatic N) is 2. The highest BCUT2D eigenvalue weighted by Crippen LogP contribution is 2.32.